The highest BCUT2D eigenvalue weighted by molar-refractivity contribution is 5.72. The summed E-state index contributed by atoms with van der Waals surface area (Å²) in [7, 11) is 0. The molecule has 0 unspecified atom stereocenters. The molecule has 1 aliphatic rings. The van der Waals surface area contributed by atoms with Gasteiger partial charge >= 0.3 is 5.97 Å². The number of aryl methyl sites for hydroxylation is 4. The maximum absolute atomic E-state index is 11.9. The van der Waals surface area contributed by atoms with Crippen molar-refractivity contribution in [2.75, 3.05) is 26.2 Å². The number of fused-ring (bicyclic) bond motifs is 1. The first-order valence-corrected chi connectivity index (χ1v) is 12.9. The molecule has 3 rings (SSSR count). The van der Waals surface area contributed by atoms with E-state index in [1.165, 1.54) is 36.7 Å². The minimum absolute atomic E-state index is 0.0510. The molecule has 0 aliphatic heterocycles. The van der Waals surface area contributed by atoms with Crippen LogP contribution in [-0.4, -0.2) is 63.0 Å². The number of unbranched alkanes of at least 4 members (excludes halogenated alkanes) is 1. The Labute approximate surface area is 208 Å². The van der Waals surface area contributed by atoms with Gasteiger partial charge in [-0.05, 0) is 83.0 Å². The number of nitrogens with one attached hydrogen (secondary N) is 1. The summed E-state index contributed by atoms with van der Waals surface area (Å²) in [6, 6.07) is 4.42. The second kappa shape index (κ2) is 13.9. The van der Waals surface area contributed by atoms with Gasteiger partial charge in [-0.25, -0.2) is 0 Å². The predicted octanol–water partition coefficient (Wildman–Crippen LogP) is 3.15. The Morgan fingerprint density at radius 3 is 2.66 bits per heavy atom. The topological polar surface area (TPSA) is 108 Å². The summed E-state index contributed by atoms with van der Waals surface area (Å²) < 4.78 is 0. The Kier molecular flexibility index (Phi) is 10.6. The van der Waals surface area contributed by atoms with Gasteiger partial charge in [0.05, 0.1) is 17.3 Å². The van der Waals surface area contributed by atoms with Crippen molar-refractivity contribution < 1.29 is 14.7 Å². The molecule has 35 heavy (non-hydrogen) atoms. The smallest absolute Gasteiger partial charge is 0.306 e. The number of hydrogen-bond donors (Lipinski definition) is 2. The number of carbonyl (C=O) groups excluding carboxylic acids is 1. The molecule has 0 spiro atoms. The van der Waals surface area contributed by atoms with Crippen molar-refractivity contribution in [2.45, 2.75) is 71.6 Å². The van der Waals surface area contributed by atoms with Gasteiger partial charge in [0.1, 0.15) is 0 Å². The first-order chi connectivity index (χ1) is 16.9. The van der Waals surface area contributed by atoms with Crippen LogP contribution in [0.1, 0.15) is 67.4 Å². The van der Waals surface area contributed by atoms with E-state index in [0.717, 1.165) is 44.3 Å². The standard InChI is InChI=1S/C27H39N5O3/c1-20-18-28-19-25(30-20)17-23(27(34)35)12-15-32(16-13-29-21(2)33)14-6-5-8-24-11-10-22-7-3-4-9-26(22)31-24/h10-11,18-19,23H,3-9,12-17H2,1-2H3,(H,29,33)(H,34,35)/t23-/m1/s1. The summed E-state index contributed by atoms with van der Waals surface area (Å²) in [5, 5.41) is 12.6. The number of amides is 1. The molecule has 0 fully saturated rings. The van der Waals surface area contributed by atoms with Gasteiger partial charge in [-0.3, -0.25) is 24.5 Å². The van der Waals surface area contributed by atoms with Crippen LogP contribution in [0.2, 0.25) is 0 Å². The van der Waals surface area contributed by atoms with Crippen LogP contribution in [-0.2, 0) is 35.3 Å². The van der Waals surface area contributed by atoms with Gasteiger partial charge in [0.25, 0.3) is 0 Å². The summed E-state index contributed by atoms with van der Waals surface area (Å²) in [5.74, 6) is -1.38. The Morgan fingerprint density at radius 2 is 1.89 bits per heavy atom. The quantitative estimate of drug-likeness (QED) is 0.399. The molecule has 0 saturated carbocycles. The largest absolute Gasteiger partial charge is 0.481 e. The number of hydrogen-bond acceptors (Lipinski definition) is 6. The number of carboxylic acids is 1. The summed E-state index contributed by atoms with van der Waals surface area (Å²) in [6.45, 7) is 6.15. The van der Waals surface area contributed by atoms with Gasteiger partial charge in [-0.15, -0.1) is 0 Å². The predicted molar refractivity (Wildman–Crippen MR) is 135 cm³/mol. The van der Waals surface area contributed by atoms with Crippen LogP contribution >= 0.6 is 0 Å². The highest BCUT2D eigenvalue weighted by Crippen LogP contribution is 2.20. The highest BCUT2D eigenvalue weighted by atomic mass is 16.4. The summed E-state index contributed by atoms with van der Waals surface area (Å²) in [6.07, 6.45) is 11.9. The van der Waals surface area contributed by atoms with E-state index in [1.807, 2.05) is 6.92 Å². The van der Waals surface area contributed by atoms with Crippen LogP contribution in [0.5, 0.6) is 0 Å². The molecule has 1 atom stereocenters. The Bertz CT molecular complexity index is 981. The molecule has 0 bridgehead atoms. The van der Waals surface area contributed by atoms with Crippen LogP contribution in [0.4, 0.5) is 0 Å². The van der Waals surface area contributed by atoms with E-state index in [2.05, 4.69) is 32.3 Å². The second-order valence-corrected chi connectivity index (χ2v) is 9.58. The lowest BCUT2D eigenvalue weighted by atomic mass is 9.95. The third-order valence-electron chi connectivity index (χ3n) is 6.60. The number of carboxylic acid groups (broad SMARTS) is 1. The van der Waals surface area contributed by atoms with Gasteiger partial charge in [-0.2, -0.15) is 0 Å². The van der Waals surface area contributed by atoms with Crippen molar-refractivity contribution in [3.8, 4) is 0 Å². The lowest BCUT2D eigenvalue weighted by Gasteiger charge is -2.24. The Hall–Kier alpha value is -2.87. The van der Waals surface area contributed by atoms with Crippen LogP contribution in [0.3, 0.4) is 0 Å². The zero-order valence-corrected chi connectivity index (χ0v) is 21.1. The fourth-order valence-electron chi connectivity index (χ4n) is 4.65. The highest BCUT2D eigenvalue weighted by Gasteiger charge is 2.20. The van der Waals surface area contributed by atoms with Gasteiger partial charge in [-0.1, -0.05) is 6.07 Å². The zero-order valence-electron chi connectivity index (χ0n) is 21.1. The second-order valence-electron chi connectivity index (χ2n) is 9.58. The molecular formula is C27H39N5O3. The zero-order chi connectivity index (χ0) is 25.0. The molecule has 2 N–H and O–H groups in total. The fraction of sp³-hybridized carbons (Fsp3) is 0.593. The third kappa shape index (κ3) is 9.36. The van der Waals surface area contributed by atoms with Crippen molar-refractivity contribution in [3.63, 3.8) is 0 Å². The van der Waals surface area contributed by atoms with Crippen molar-refractivity contribution in [3.05, 3.63) is 52.9 Å². The van der Waals surface area contributed by atoms with Crippen molar-refractivity contribution in [2.24, 2.45) is 5.92 Å². The molecule has 8 heteroatoms. The lowest BCUT2D eigenvalue weighted by Crippen LogP contribution is -2.36. The molecule has 0 radical (unpaired) electrons. The molecule has 2 aromatic rings. The fourth-order valence-corrected chi connectivity index (χ4v) is 4.65. The number of aromatic nitrogens is 3. The molecule has 2 aromatic heterocycles. The molecule has 1 aliphatic carbocycles. The van der Waals surface area contributed by atoms with Gasteiger partial charge < -0.3 is 15.3 Å². The number of pyridine rings is 1. The number of rotatable bonds is 14. The monoisotopic (exact) mass is 481 g/mol. The normalized spacial score (nSPS) is 13.9. The summed E-state index contributed by atoms with van der Waals surface area (Å²) in [4.78, 5) is 38.9. The van der Waals surface area contributed by atoms with E-state index >= 15 is 0 Å². The Morgan fingerprint density at radius 1 is 1.06 bits per heavy atom. The summed E-state index contributed by atoms with van der Waals surface area (Å²) >= 11 is 0. The van der Waals surface area contributed by atoms with Crippen LogP contribution < -0.4 is 5.32 Å². The molecule has 8 nitrogen and oxygen atoms in total. The van der Waals surface area contributed by atoms with E-state index in [4.69, 9.17) is 4.98 Å². The molecule has 2 heterocycles. The van der Waals surface area contributed by atoms with E-state index in [-0.39, 0.29) is 5.91 Å². The Balaban J connectivity index is 1.49. The lowest BCUT2D eigenvalue weighted by molar-refractivity contribution is -0.142. The van der Waals surface area contributed by atoms with Gasteiger partial charge in [0, 0.05) is 50.2 Å². The van der Waals surface area contributed by atoms with Gasteiger partial charge in [0.2, 0.25) is 5.91 Å². The molecule has 1 amide bonds. The number of nitrogens with zero attached hydrogens (tertiary/aromatic N) is 4. The average molecular weight is 482 g/mol. The SMILES string of the molecule is CC(=O)NCCN(CCCCc1ccc2c(n1)CCCC2)CC[C@H](Cc1cncc(C)n1)C(=O)O. The van der Waals surface area contributed by atoms with E-state index in [1.54, 1.807) is 12.4 Å². The number of carbonyl (C=O) groups is 2. The summed E-state index contributed by atoms with van der Waals surface area (Å²) in [5.41, 5.74) is 5.36. The van der Waals surface area contributed by atoms with Crippen LogP contribution in [0.15, 0.2) is 24.5 Å². The average Bonchev–Trinajstić information content (AvgIpc) is 2.83. The minimum Gasteiger partial charge on any atom is -0.481 e. The third-order valence-corrected chi connectivity index (χ3v) is 6.60. The first kappa shape index (κ1) is 26.7. The van der Waals surface area contributed by atoms with Crippen molar-refractivity contribution in [1.29, 1.82) is 0 Å². The molecule has 190 valence electrons. The first-order valence-electron chi connectivity index (χ1n) is 12.9. The van der Waals surface area contributed by atoms with E-state index in [9.17, 15) is 14.7 Å². The van der Waals surface area contributed by atoms with E-state index < -0.39 is 11.9 Å². The number of aliphatic carboxylic acids is 1. The molecule has 0 aromatic carbocycles. The van der Waals surface area contributed by atoms with Crippen molar-refractivity contribution in [1.82, 2.24) is 25.2 Å². The van der Waals surface area contributed by atoms with Gasteiger partial charge in [0.15, 0.2) is 0 Å². The maximum atomic E-state index is 11.9. The van der Waals surface area contributed by atoms with E-state index in [0.29, 0.717) is 38.2 Å². The molecular weight excluding hydrogens is 442 g/mol. The van der Waals surface area contributed by atoms with Crippen LogP contribution in [0.25, 0.3) is 0 Å². The maximum Gasteiger partial charge on any atom is 0.306 e. The minimum atomic E-state index is -0.811. The van der Waals surface area contributed by atoms with Crippen molar-refractivity contribution >= 4 is 11.9 Å². The van der Waals surface area contributed by atoms with Crippen LogP contribution in [0, 0.1) is 12.8 Å². The molecule has 0 saturated heterocycles.